The summed E-state index contributed by atoms with van der Waals surface area (Å²) in [5.41, 5.74) is 0.966. The second-order valence-corrected chi connectivity index (χ2v) is 4.96. The van der Waals surface area contributed by atoms with Crippen molar-refractivity contribution in [1.29, 1.82) is 0 Å². The largest absolute Gasteiger partial charge is 0.508 e. The van der Waals surface area contributed by atoms with E-state index >= 15 is 0 Å². The normalized spacial score (nSPS) is 10.3. The van der Waals surface area contributed by atoms with Gasteiger partial charge in [0.2, 0.25) is 5.91 Å². The molecule has 0 bridgehead atoms. The number of carbonyl (C=O) groups excluding carboxylic acids is 1. The zero-order chi connectivity index (χ0) is 14.7. The van der Waals surface area contributed by atoms with Crippen LogP contribution in [0.4, 0.5) is 10.1 Å². The van der Waals surface area contributed by atoms with Crippen molar-refractivity contribution in [2.45, 2.75) is 6.42 Å². The van der Waals surface area contributed by atoms with E-state index in [1.54, 1.807) is 12.1 Å². The quantitative estimate of drug-likeness (QED) is 0.841. The highest BCUT2D eigenvalue weighted by atomic mass is 35.5. The Morgan fingerprint density at radius 3 is 2.45 bits per heavy atom. The van der Waals surface area contributed by atoms with E-state index in [1.165, 1.54) is 24.3 Å². The number of hydrogen-bond acceptors (Lipinski definition) is 2. The highest BCUT2D eigenvalue weighted by molar-refractivity contribution is 6.35. The summed E-state index contributed by atoms with van der Waals surface area (Å²) in [4.78, 5) is 11.8. The monoisotopic (exact) mass is 313 g/mol. The lowest BCUT2D eigenvalue weighted by Crippen LogP contribution is -2.14. The summed E-state index contributed by atoms with van der Waals surface area (Å²) in [6, 6.07) is 8.92. The van der Waals surface area contributed by atoms with Crippen molar-refractivity contribution in [3.05, 3.63) is 57.8 Å². The van der Waals surface area contributed by atoms with E-state index in [9.17, 15) is 14.3 Å². The third kappa shape index (κ3) is 3.62. The van der Waals surface area contributed by atoms with Crippen LogP contribution in [-0.4, -0.2) is 11.0 Å². The number of aromatic hydroxyl groups is 1. The van der Waals surface area contributed by atoms with Gasteiger partial charge in [-0.3, -0.25) is 4.79 Å². The highest BCUT2D eigenvalue weighted by Crippen LogP contribution is 2.27. The molecule has 2 aromatic rings. The summed E-state index contributed by atoms with van der Waals surface area (Å²) in [5.74, 6) is -0.961. The Hall–Kier alpha value is -1.78. The molecule has 104 valence electrons. The van der Waals surface area contributed by atoms with Gasteiger partial charge >= 0.3 is 0 Å². The van der Waals surface area contributed by atoms with Gasteiger partial charge in [0.15, 0.2) is 5.82 Å². The molecule has 0 aliphatic carbocycles. The molecule has 0 radical (unpaired) electrons. The topological polar surface area (TPSA) is 49.3 Å². The van der Waals surface area contributed by atoms with Gasteiger partial charge in [0, 0.05) is 5.69 Å². The Balaban J connectivity index is 2.09. The van der Waals surface area contributed by atoms with Gasteiger partial charge in [-0.15, -0.1) is 0 Å². The van der Waals surface area contributed by atoms with Gasteiger partial charge < -0.3 is 10.4 Å². The molecule has 0 unspecified atom stereocenters. The molecule has 1 amide bonds. The molecule has 0 atom stereocenters. The first-order valence-electron chi connectivity index (χ1n) is 5.68. The van der Waals surface area contributed by atoms with Crippen LogP contribution in [0, 0.1) is 5.82 Å². The summed E-state index contributed by atoms with van der Waals surface area (Å²) >= 11 is 11.3. The van der Waals surface area contributed by atoms with Gasteiger partial charge in [-0.2, -0.15) is 0 Å². The fraction of sp³-hybridized carbons (Fsp3) is 0.0714. The Morgan fingerprint density at radius 1 is 1.20 bits per heavy atom. The van der Waals surface area contributed by atoms with Crippen molar-refractivity contribution in [3.63, 3.8) is 0 Å². The Morgan fingerprint density at radius 2 is 1.85 bits per heavy atom. The van der Waals surface area contributed by atoms with Gasteiger partial charge in [0.25, 0.3) is 0 Å². The van der Waals surface area contributed by atoms with E-state index < -0.39 is 5.82 Å². The molecule has 6 heteroatoms. The van der Waals surface area contributed by atoms with Gasteiger partial charge in [-0.1, -0.05) is 35.3 Å². The van der Waals surface area contributed by atoms with Crippen LogP contribution in [0.5, 0.6) is 5.75 Å². The molecule has 3 nitrogen and oxygen atoms in total. The number of phenolic OH excluding ortho intramolecular Hbond substituents is 1. The number of hydrogen-bond donors (Lipinski definition) is 2. The van der Waals surface area contributed by atoms with Crippen molar-refractivity contribution in [2.24, 2.45) is 0 Å². The maximum Gasteiger partial charge on any atom is 0.228 e. The number of carbonyl (C=O) groups is 1. The maximum atomic E-state index is 13.2. The molecule has 0 saturated carbocycles. The van der Waals surface area contributed by atoms with Crippen molar-refractivity contribution < 1.29 is 14.3 Å². The minimum Gasteiger partial charge on any atom is -0.508 e. The van der Waals surface area contributed by atoms with Crippen LogP contribution in [0.15, 0.2) is 36.4 Å². The van der Waals surface area contributed by atoms with Crippen molar-refractivity contribution in [2.75, 3.05) is 5.32 Å². The second kappa shape index (κ2) is 6.11. The van der Waals surface area contributed by atoms with E-state index in [2.05, 4.69) is 5.32 Å². The number of amides is 1. The molecule has 0 heterocycles. The van der Waals surface area contributed by atoms with Gasteiger partial charge in [-0.05, 0) is 29.8 Å². The van der Waals surface area contributed by atoms with E-state index in [-0.39, 0.29) is 28.1 Å². The van der Waals surface area contributed by atoms with Crippen LogP contribution in [0.2, 0.25) is 10.0 Å². The number of anilines is 1. The third-order valence-electron chi connectivity index (χ3n) is 2.54. The number of benzene rings is 2. The summed E-state index contributed by atoms with van der Waals surface area (Å²) in [7, 11) is 0. The lowest BCUT2D eigenvalue weighted by atomic mass is 10.1. The minimum absolute atomic E-state index is 0.0705. The molecule has 2 aromatic carbocycles. The summed E-state index contributed by atoms with van der Waals surface area (Å²) in [6.45, 7) is 0. The van der Waals surface area contributed by atoms with Gasteiger partial charge in [0.1, 0.15) is 5.75 Å². The first-order valence-corrected chi connectivity index (χ1v) is 6.43. The Bertz CT molecular complexity index is 638. The Labute approximate surface area is 124 Å². The molecule has 0 fully saturated rings. The highest BCUT2D eigenvalue weighted by Gasteiger charge is 2.10. The van der Waals surface area contributed by atoms with E-state index in [4.69, 9.17) is 23.2 Å². The van der Waals surface area contributed by atoms with Crippen LogP contribution in [-0.2, 0) is 11.2 Å². The van der Waals surface area contributed by atoms with Gasteiger partial charge in [0.05, 0.1) is 16.5 Å². The fourth-order valence-electron chi connectivity index (χ4n) is 1.68. The molecule has 0 aliphatic heterocycles. The first-order chi connectivity index (χ1) is 9.45. The Kier molecular flexibility index (Phi) is 4.47. The predicted octanol–water partition coefficient (Wildman–Crippen LogP) is 4.02. The fourth-order valence-corrected chi connectivity index (χ4v) is 2.17. The smallest absolute Gasteiger partial charge is 0.228 e. The van der Waals surface area contributed by atoms with Crippen LogP contribution in [0.3, 0.4) is 0 Å². The van der Waals surface area contributed by atoms with Gasteiger partial charge in [-0.25, -0.2) is 4.39 Å². The summed E-state index contributed by atoms with van der Waals surface area (Å²) in [6.07, 6.45) is 0.0705. The standard InChI is InChI=1S/C14H10Cl2FNO2/c15-11-6-9(7-12(16)14(11)17)18-13(20)5-8-2-1-3-10(19)4-8/h1-4,6-7,19H,5H2,(H,18,20). The number of halogens is 3. The molecular weight excluding hydrogens is 304 g/mol. The molecule has 0 aliphatic rings. The van der Waals surface area contributed by atoms with Crippen LogP contribution in [0.25, 0.3) is 0 Å². The molecular formula is C14H10Cl2FNO2. The zero-order valence-corrected chi connectivity index (χ0v) is 11.7. The van der Waals surface area contributed by atoms with Crippen molar-refractivity contribution in [3.8, 4) is 5.75 Å². The molecule has 0 aromatic heterocycles. The minimum atomic E-state index is -0.723. The van der Waals surface area contributed by atoms with Crippen LogP contribution < -0.4 is 5.32 Å². The number of rotatable bonds is 3. The summed E-state index contributed by atoms with van der Waals surface area (Å²) in [5, 5.41) is 11.5. The molecule has 0 saturated heterocycles. The second-order valence-electron chi connectivity index (χ2n) is 4.15. The van der Waals surface area contributed by atoms with Crippen LogP contribution >= 0.6 is 23.2 Å². The predicted molar refractivity (Wildman–Crippen MR) is 76.9 cm³/mol. The van der Waals surface area contributed by atoms with E-state index in [0.29, 0.717) is 11.3 Å². The lowest BCUT2D eigenvalue weighted by molar-refractivity contribution is -0.115. The van der Waals surface area contributed by atoms with Crippen LogP contribution in [0.1, 0.15) is 5.56 Å². The maximum absolute atomic E-state index is 13.2. The van der Waals surface area contributed by atoms with E-state index in [0.717, 1.165) is 0 Å². The molecule has 0 spiro atoms. The summed E-state index contributed by atoms with van der Waals surface area (Å²) < 4.78 is 13.2. The van der Waals surface area contributed by atoms with E-state index in [1.807, 2.05) is 0 Å². The first kappa shape index (κ1) is 14.6. The SMILES string of the molecule is O=C(Cc1cccc(O)c1)Nc1cc(Cl)c(F)c(Cl)c1. The lowest BCUT2D eigenvalue weighted by Gasteiger charge is -2.07. The molecule has 2 N–H and O–H groups in total. The zero-order valence-electron chi connectivity index (χ0n) is 10.2. The molecule has 20 heavy (non-hydrogen) atoms. The third-order valence-corrected chi connectivity index (χ3v) is 3.09. The number of phenols is 1. The van der Waals surface area contributed by atoms with Crippen molar-refractivity contribution >= 4 is 34.8 Å². The average molecular weight is 314 g/mol. The average Bonchev–Trinajstić information content (AvgIpc) is 2.35. The molecule has 2 rings (SSSR count). The number of nitrogens with one attached hydrogen (secondary N) is 1. The van der Waals surface area contributed by atoms with Crippen molar-refractivity contribution in [1.82, 2.24) is 0 Å².